The number of carbonyl (C=O) groups excluding carboxylic acids is 2. The molecule has 156 valence electrons. The van der Waals surface area contributed by atoms with Gasteiger partial charge in [0.2, 0.25) is 0 Å². The zero-order valence-electron chi connectivity index (χ0n) is 18.8. The van der Waals surface area contributed by atoms with Gasteiger partial charge in [-0.1, -0.05) is 20.8 Å². The Morgan fingerprint density at radius 1 is 1.11 bits per heavy atom. The first-order valence-electron chi connectivity index (χ1n) is 9.59. The number of hydrogen-bond donors (Lipinski definition) is 0. The van der Waals surface area contributed by atoms with Gasteiger partial charge in [0.1, 0.15) is 11.6 Å². The maximum absolute atomic E-state index is 12.7. The normalized spacial score (nSPS) is 21.6. The first kappa shape index (κ1) is 23.7. The third-order valence-corrected chi connectivity index (χ3v) is 9.56. The van der Waals surface area contributed by atoms with Crippen LogP contribution in [0.4, 0.5) is 4.79 Å². The highest BCUT2D eigenvalue weighted by atomic mass is 28.4. The lowest BCUT2D eigenvalue weighted by atomic mass is 10.1. The van der Waals surface area contributed by atoms with Crippen LogP contribution in [0.3, 0.4) is 0 Å². The molecule has 1 fully saturated rings. The summed E-state index contributed by atoms with van der Waals surface area (Å²) < 4.78 is 12.0. The number of carbonyl (C=O) groups is 2. The maximum Gasteiger partial charge on any atom is 0.411 e. The van der Waals surface area contributed by atoms with Crippen LogP contribution >= 0.6 is 0 Å². The second kappa shape index (κ2) is 8.35. The molecule has 0 aromatic rings. The quantitative estimate of drug-likeness (QED) is 0.517. The molecule has 1 aliphatic heterocycles. The number of ether oxygens (including phenoxy) is 1. The molecule has 0 spiro atoms. The summed E-state index contributed by atoms with van der Waals surface area (Å²) in [5.41, 5.74) is -0.609. The second-order valence-corrected chi connectivity index (χ2v) is 14.8. The van der Waals surface area contributed by atoms with Crippen molar-refractivity contribution in [3.05, 3.63) is 12.3 Å². The molecule has 1 heterocycles. The van der Waals surface area contributed by atoms with Crippen molar-refractivity contribution in [1.29, 1.82) is 0 Å². The molecular weight excluding hydrogens is 360 g/mol. The van der Waals surface area contributed by atoms with E-state index in [0.29, 0.717) is 13.0 Å². The highest BCUT2D eigenvalue weighted by molar-refractivity contribution is 6.74. The zero-order valence-corrected chi connectivity index (χ0v) is 19.8. The first-order chi connectivity index (χ1) is 12.0. The van der Waals surface area contributed by atoms with Crippen LogP contribution in [0.15, 0.2) is 12.3 Å². The number of rotatable bonds is 5. The van der Waals surface area contributed by atoms with E-state index in [1.54, 1.807) is 11.1 Å². The highest BCUT2D eigenvalue weighted by Crippen LogP contribution is 2.39. The van der Waals surface area contributed by atoms with Gasteiger partial charge in [0.15, 0.2) is 14.1 Å². The van der Waals surface area contributed by atoms with Gasteiger partial charge < -0.3 is 14.1 Å². The van der Waals surface area contributed by atoms with Crippen LogP contribution in [0.2, 0.25) is 18.1 Å². The van der Waals surface area contributed by atoms with Gasteiger partial charge in [0, 0.05) is 33.3 Å². The molecule has 7 heteroatoms. The first-order valence-corrected chi connectivity index (χ1v) is 12.5. The fourth-order valence-corrected chi connectivity index (χ4v) is 3.96. The van der Waals surface area contributed by atoms with Gasteiger partial charge in [0.25, 0.3) is 0 Å². The molecule has 0 bridgehead atoms. The number of amides is 1. The Hall–Kier alpha value is -1.34. The fraction of sp³-hybridized carbons (Fsp3) is 0.800. The van der Waals surface area contributed by atoms with E-state index < -0.39 is 26.1 Å². The monoisotopic (exact) mass is 398 g/mol. The minimum absolute atomic E-state index is 0.0661. The predicted molar refractivity (Wildman–Crippen MR) is 111 cm³/mol. The SMILES string of the molecule is CN(C)/C=C\C(=O)[C@@H]1C[C@@H](O[Si](C)(C)C(C)(C)C)CN1C(=O)OC(C)(C)C. The van der Waals surface area contributed by atoms with Gasteiger partial charge in [-0.3, -0.25) is 9.69 Å². The van der Waals surface area contributed by atoms with E-state index in [-0.39, 0.29) is 16.9 Å². The van der Waals surface area contributed by atoms with Crippen molar-refractivity contribution in [3.63, 3.8) is 0 Å². The predicted octanol–water partition coefficient (Wildman–Crippen LogP) is 4.03. The smallest absolute Gasteiger partial charge is 0.411 e. The summed E-state index contributed by atoms with van der Waals surface area (Å²) in [6.07, 6.45) is 3.12. The van der Waals surface area contributed by atoms with Crippen LogP contribution in [0.1, 0.15) is 48.0 Å². The molecule has 2 atom stereocenters. The van der Waals surface area contributed by atoms with Crippen molar-refractivity contribution >= 4 is 20.2 Å². The zero-order chi connectivity index (χ0) is 21.2. The Morgan fingerprint density at radius 3 is 2.11 bits per heavy atom. The minimum atomic E-state index is -2.00. The molecule has 0 aromatic heterocycles. The van der Waals surface area contributed by atoms with Crippen molar-refractivity contribution in [2.24, 2.45) is 0 Å². The Labute approximate surface area is 166 Å². The summed E-state index contributed by atoms with van der Waals surface area (Å²) in [4.78, 5) is 28.8. The third kappa shape index (κ3) is 6.96. The second-order valence-electron chi connectivity index (χ2n) is 10.1. The van der Waals surface area contributed by atoms with Gasteiger partial charge in [-0.25, -0.2) is 4.79 Å². The summed E-state index contributed by atoms with van der Waals surface area (Å²) in [6.45, 7) is 16.8. The van der Waals surface area contributed by atoms with Crippen molar-refractivity contribution in [2.75, 3.05) is 20.6 Å². The van der Waals surface area contributed by atoms with Crippen molar-refractivity contribution in [3.8, 4) is 0 Å². The molecule has 27 heavy (non-hydrogen) atoms. The molecule has 1 rings (SSSR count). The molecular formula is C20H38N2O4Si. The van der Waals surface area contributed by atoms with Gasteiger partial charge in [-0.15, -0.1) is 0 Å². The van der Waals surface area contributed by atoms with E-state index in [9.17, 15) is 9.59 Å². The Bertz CT molecular complexity index is 574. The highest BCUT2D eigenvalue weighted by Gasteiger charge is 2.45. The van der Waals surface area contributed by atoms with E-state index >= 15 is 0 Å². The molecule has 1 saturated heterocycles. The van der Waals surface area contributed by atoms with Gasteiger partial charge in [-0.05, 0) is 45.0 Å². The molecule has 0 N–H and O–H groups in total. The largest absolute Gasteiger partial charge is 0.444 e. The van der Waals surface area contributed by atoms with Crippen molar-refractivity contribution in [1.82, 2.24) is 9.80 Å². The summed E-state index contributed by atoms with van der Waals surface area (Å²) in [6, 6.07) is -0.550. The molecule has 0 aromatic carbocycles. The topological polar surface area (TPSA) is 59.1 Å². The maximum atomic E-state index is 12.7. The number of hydrogen-bond acceptors (Lipinski definition) is 5. The number of ketones is 1. The van der Waals surface area contributed by atoms with Crippen LogP contribution in [0, 0.1) is 0 Å². The van der Waals surface area contributed by atoms with E-state index in [0.717, 1.165) is 0 Å². The summed E-state index contributed by atoms with van der Waals surface area (Å²) >= 11 is 0. The van der Waals surface area contributed by atoms with Gasteiger partial charge >= 0.3 is 6.09 Å². The molecule has 6 nitrogen and oxygen atoms in total. The van der Waals surface area contributed by atoms with Crippen LogP contribution < -0.4 is 0 Å². The van der Waals surface area contributed by atoms with Crippen molar-refractivity contribution in [2.45, 2.75) is 83.8 Å². The summed E-state index contributed by atoms with van der Waals surface area (Å²) in [5.74, 6) is -0.101. The molecule has 0 unspecified atom stereocenters. The van der Waals surface area contributed by atoms with Gasteiger partial charge in [0.05, 0.1) is 6.10 Å². The van der Waals surface area contributed by atoms with Crippen LogP contribution in [-0.2, 0) is 14.0 Å². The summed E-state index contributed by atoms with van der Waals surface area (Å²) in [5, 5.41) is 0.0661. The van der Waals surface area contributed by atoms with Crippen LogP contribution in [0.25, 0.3) is 0 Å². The molecule has 1 amide bonds. The standard InChI is InChI=1S/C20H38N2O4Si/c1-19(2,3)25-18(24)22-14-15(26-27(9,10)20(4,5)6)13-16(22)17(23)11-12-21(7)8/h11-12,15-16H,13-14H2,1-10H3/b12-11-/t15-,16+/m1/s1. The van der Waals surface area contributed by atoms with E-state index in [4.69, 9.17) is 9.16 Å². The third-order valence-electron chi connectivity index (χ3n) is 5.02. The Morgan fingerprint density at radius 2 is 1.67 bits per heavy atom. The average molecular weight is 399 g/mol. The number of nitrogens with zero attached hydrogens (tertiary/aromatic N) is 2. The number of likely N-dealkylation sites (tertiary alicyclic amines) is 1. The van der Waals surface area contributed by atoms with Gasteiger partial charge in [-0.2, -0.15) is 0 Å². The minimum Gasteiger partial charge on any atom is -0.444 e. The fourth-order valence-electron chi connectivity index (χ4n) is 2.60. The molecule has 0 radical (unpaired) electrons. The average Bonchev–Trinajstić information content (AvgIpc) is 2.85. The molecule has 0 aliphatic carbocycles. The van der Waals surface area contributed by atoms with E-state index in [2.05, 4.69) is 33.9 Å². The van der Waals surface area contributed by atoms with E-state index in [1.165, 1.54) is 11.0 Å². The Kier molecular flexibility index (Phi) is 7.33. The van der Waals surface area contributed by atoms with Crippen LogP contribution in [0.5, 0.6) is 0 Å². The van der Waals surface area contributed by atoms with Crippen molar-refractivity contribution < 1.29 is 18.8 Å². The Balaban J connectivity index is 3.02. The molecule has 0 saturated carbocycles. The lowest BCUT2D eigenvalue weighted by molar-refractivity contribution is -0.118. The molecule has 1 aliphatic rings. The lowest BCUT2D eigenvalue weighted by Crippen LogP contribution is -2.45. The summed E-state index contributed by atoms with van der Waals surface area (Å²) in [7, 11) is 1.71. The van der Waals surface area contributed by atoms with Crippen LogP contribution in [-0.4, -0.2) is 68.4 Å². The van der Waals surface area contributed by atoms with E-state index in [1.807, 2.05) is 34.9 Å². The lowest BCUT2D eigenvalue weighted by Gasteiger charge is -2.38.